The Balaban J connectivity index is 1.72. The fraction of sp³-hybridized carbons (Fsp3) is 0.353. The zero-order valence-electron chi connectivity index (χ0n) is 13.4. The van der Waals surface area contributed by atoms with Gasteiger partial charge in [-0.25, -0.2) is 4.98 Å². The zero-order valence-corrected chi connectivity index (χ0v) is 13.4. The van der Waals surface area contributed by atoms with Gasteiger partial charge in [0, 0.05) is 6.04 Å². The van der Waals surface area contributed by atoms with Crippen molar-refractivity contribution in [2.24, 2.45) is 0 Å². The van der Waals surface area contributed by atoms with E-state index in [1.54, 1.807) is 11.9 Å². The number of carbonyl (C=O) groups excluding carboxylic acids is 1. The van der Waals surface area contributed by atoms with Crippen molar-refractivity contribution < 1.29 is 9.90 Å². The van der Waals surface area contributed by atoms with E-state index in [0.717, 1.165) is 23.9 Å². The van der Waals surface area contributed by atoms with E-state index in [2.05, 4.69) is 15.3 Å². The molecule has 2 aromatic rings. The summed E-state index contributed by atoms with van der Waals surface area (Å²) in [4.78, 5) is 20.8. The molecule has 0 bridgehead atoms. The van der Waals surface area contributed by atoms with E-state index in [-0.39, 0.29) is 30.3 Å². The molecule has 1 heterocycles. The van der Waals surface area contributed by atoms with Gasteiger partial charge in [-0.05, 0) is 32.0 Å². The monoisotopic (exact) mass is 325 g/mol. The highest BCUT2D eigenvalue weighted by molar-refractivity contribution is 5.83. The Hall–Kier alpha value is -2.85. The lowest BCUT2D eigenvalue weighted by Crippen LogP contribution is -2.37. The molecular formula is C17H19N5O2. The Morgan fingerprint density at radius 3 is 2.88 bits per heavy atom. The van der Waals surface area contributed by atoms with Crippen LogP contribution in [0.1, 0.15) is 18.7 Å². The van der Waals surface area contributed by atoms with Gasteiger partial charge < -0.3 is 15.4 Å². The van der Waals surface area contributed by atoms with E-state index in [9.17, 15) is 15.2 Å². The van der Waals surface area contributed by atoms with Crippen LogP contribution in [0.2, 0.25) is 0 Å². The third kappa shape index (κ3) is 3.73. The number of fused-ring (bicyclic) bond motifs is 1. The second-order valence-corrected chi connectivity index (χ2v) is 6.05. The second-order valence-electron chi connectivity index (χ2n) is 6.05. The van der Waals surface area contributed by atoms with Crippen molar-refractivity contribution in [1.82, 2.24) is 20.2 Å². The quantitative estimate of drug-likeness (QED) is 0.552. The van der Waals surface area contributed by atoms with E-state index < -0.39 is 0 Å². The number of aromatic amines is 1. The largest absolute Gasteiger partial charge is 0.509 e. The van der Waals surface area contributed by atoms with Crippen molar-refractivity contribution in [2.45, 2.75) is 18.9 Å². The number of hydrogen-bond acceptors (Lipinski definition) is 5. The van der Waals surface area contributed by atoms with Gasteiger partial charge in [0.2, 0.25) is 5.91 Å². The standard InChI is InChI=1S/C17H19N5O2/c1-22(10-16(24)19-11-6-7-11)9-15(23)12(8-18)17-20-13-4-2-3-5-14(13)21-17/h2-5,11,23H,6-7,9-10H2,1H3,(H,19,24)(H,20,21)/b15-12-. The average molecular weight is 325 g/mol. The summed E-state index contributed by atoms with van der Waals surface area (Å²) < 4.78 is 0. The normalized spacial score (nSPS) is 15.2. The highest BCUT2D eigenvalue weighted by Gasteiger charge is 2.24. The van der Waals surface area contributed by atoms with Gasteiger partial charge in [0.1, 0.15) is 17.4 Å². The van der Waals surface area contributed by atoms with Gasteiger partial charge in [-0.3, -0.25) is 9.69 Å². The first-order valence-electron chi connectivity index (χ1n) is 7.82. The average Bonchev–Trinajstić information content (AvgIpc) is 3.23. The van der Waals surface area contributed by atoms with Crippen molar-refractivity contribution in [3.8, 4) is 6.07 Å². The topological polar surface area (TPSA) is 105 Å². The van der Waals surface area contributed by atoms with Crippen LogP contribution in [-0.4, -0.2) is 52.1 Å². The van der Waals surface area contributed by atoms with E-state index in [1.807, 2.05) is 30.3 Å². The molecule has 1 amide bonds. The van der Waals surface area contributed by atoms with E-state index in [4.69, 9.17) is 0 Å². The number of aliphatic hydroxyl groups is 1. The van der Waals surface area contributed by atoms with Crippen LogP contribution in [0.25, 0.3) is 16.6 Å². The van der Waals surface area contributed by atoms with Crippen molar-refractivity contribution in [1.29, 1.82) is 5.26 Å². The van der Waals surface area contributed by atoms with Crippen molar-refractivity contribution in [2.75, 3.05) is 20.1 Å². The highest BCUT2D eigenvalue weighted by Crippen LogP contribution is 2.19. The SMILES string of the molecule is CN(CC(=O)NC1CC1)C/C(O)=C(\C#N)c1nc2ccccc2[nH]1. The number of amides is 1. The third-order valence-corrected chi connectivity index (χ3v) is 3.80. The molecule has 0 spiro atoms. The molecule has 0 aliphatic heterocycles. The van der Waals surface area contributed by atoms with Gasteiger partial charge in [0.15, 0.2) is 5.82 Å². The summed E-state index contributed by atoms with van der Waals surface area (Å²) in [5, 5.41) is 22.5. The number of allylic oxidation sites excluding steroid dienone is 1. The van der Waals surface area contributed by atoms with Crippen LogP contribution >= 0.6 is 0 Å². The summed E-state index contributed by atoms with van der Waals surface area (Å²) >= 11 is 0. The van der Waals surface area contributed by atoms with Crippen LogP contribution in [0.15, 0.2) is 30.0 Å². The minimum absolute atomic E-state index is 0.0740. The minimum Gasteiger partial charge on any atom is -0.509 e. The number of nitrogens with one attached hydrogen (secondary N) is 2. The summed E-state index contributed by atoms with van der Waals surface area (Å²) in [6, 6.07) is 9.70. The lowest BCUT2D eigenvalue weighted by Gasteiger charge is -2.16. The molecular weight excluding hydrogens is 306 g/mol. The number of H-pyrrole nitrogens is 1. The number of rotatable bonds is 6. The number of aromatic nitrogens is 2. The number of para-hydroxylation sites is 2. The van der Waals surface area contributed by atoms with Crippen LogP contribution in [0.4, 0.5) is 0 Å². The fourth-order valence-electron chi connectivity index (χ4n) is 2.46. The summed E-state index contributed by atoms with van der Waals surface area (Å²) in [5.41, 5.74) is 1.61. The first-order chi connectivity index (χ1) is 11.6. The maximum absolute atomic E-state index is 11.8. The van der Waals surface area contributed by atoms with Gasteiger partial charge in [-0.2, -0.15) is 5.26 Å². The van der Waals surface area contributed by atoms with Gasteiger partial charge >= 0.3 is 0 Å². The van der Waals surface area contributed by atoms with Gasteiger partial charge in [0.25, 0.3) is 0 Å². The number of aliphatic hydroxyl groups excluding tert-OH is 1. The van der Waals surface area contributed by atoms with E-state index in [1.165, 1.54) is 0 Å². The number of carbonyl (C=O) groups is 1. The summed E-state index contributed by atoms with van der Waals surface area (Å²) in [7, 11) is 1.72. The smallest absolute Gasteiger partial charge is 0.234 e. The van der Waals surface area contributed by atoms with Crippen molar-refractivity contribution >= 4 is 22.5 Å². The molecule has 0 unspecified atom stereocenters. The Kier molecular flexibility index (Phi) is 4.49. The molecule has 1 aromatic carbocycles. The molecule has 0 saturated heterocycles. The van der Waals surface area contributed by atoms with Crippen LogP contribution in [0.5, 0.6) is 0 Å². The maximum Gasteiger partial charge on any atom is 0.234 e. The van der Waals surface area contributed by atoms with Gasteiger partial charge in [-0.15, -0.1) is 0 Å². The Morgan fingerprint density at radius 1 is 1.46 bits per heavy atom. The second kappa shape index (κ2) is 6.72. The molecule has 7 heteroatoms. The highest BCUT2D eigenvalue weighted by atomic mass is 16.3. The van der Waals surface area contributed by atoms with Gasteiger partial charge in [0.05, 0.1) is 24.1 Å². The van der Waals surface area contributed by atoms with Gasteiger partial charge in [-0.1, -0.05) is 12.1 Å². The molecule has 1 fully saturated rings. The summed E-state index contributed by atoms with van der Waals surface area (Å²) in [6.45, 7) is 0.261. The Bertz CT molecular complexity index is 796. The molecule has 3 N–H and O–H groups in total. The van der Waals surface area contributed by atoms with Crippen LogP contribution < -0.4 is 5.32 Å². The minimum atomic E-state index is -0.113. The summed E-state index contributed by atoms with van der Waals surface area (Å²) in [6.07, 6.45) is 2.07. The first-order valence-corrected chi connectivity index (χ1v) is 7.82. The van der Waals surface area contributed by atoms with Crippen molar-refractivity contribution in [3.05, 3.63) is 35.8 Å². The summed E-state index contributed by atoms with van der Waals surface area (Å²) in [5.74, 6) is 0.139. The Morgan fingerprint density at radius 2 is 2.21 bits per heavy atom. The van der Waals surface area contributed by atoms with Crippen LogP contribution in [0, 0.1) is 11.3 Å². The molecule has 124 valence electrons. The Labute approximate surface area is 139 Å². The zero-order chi connectivity index (χ0) is 17.1. The predicted molar refractivity (Wildman–Crippen MR) is 89.9 cm³/mol. The molecule has 0 atom stereocenters. The molecule has 1 aromatic heterocycles. The molecule has 3 rings (SSSR count). The number of nitrogens with zero attached hydrogens (tertiary/aromatic N) is 3. The number of likely N-dealkylation sites (N-methyl/N-ethyl adjacent to an activating group) is 1. The third-order valence-electron chi connectivity index (χ3n) is 3.80. The number of imidazole rings is 1. The lowest BCUT2D eigenvalue weighted by molar-refractivity contribution is -0.122. The number of hydrogen-bond donors (Lipinski definition) is 3. The number of benzene rings is 1. The number of nitriles is 1. The molecule has 0 radical (unpaired) electrons. The molecule has 1 aliphatic carbocycles. The lowest BCUT2D eigenvalue weighted by atomic mass is 10.2. The van der Waals surface area contributed by atoms with Crippen LogP contribution in [-0.2, 0) is 4.79 Å². The molecule has 1 aliphatic rings. The van der Waals surface area contributed by atoms with Crippen molar-refractivity contribution in [3.63, 3.8) is 0 Å². The van der Waals surface area contributed by atoms with E-state index in [0.29, 0.717) is 11.9 Å². The van der Waals surface area contributed by atoms with Crippen LogP contribution in [0.3, 0.4) is 0 Å². The fourth-order valence-corrected chi connectivity index (χ4v) is 2.46. The molecule has 24 heavy (non-hydrogen) atoms. The predicted octanol–water partition coefficient (Wildman–Crippen LogP) is 1.57. The first kappa shape index (κ1) is 16.0. The maximum atomic E-state index is 11.8. The molecule has 1 saturated carbocycles. The van der Waals surface area contributed by atoms with E-state index >= 15 is 0 Å². The molecule has 7 nitrogen and oxygen atoms in total.